The Balaban J connectivity index is 1.07. The molecule has 9 heteroatoms. The highest BCUT2D eigenvalue weighted by Gasteiger charge is 2.73. The lowest BCUT2D eigenvalue weighted by Gasteiger charge is -2.65. The minimum absolute atomic E-state index is 0.0231. The summed E-state index contributed by atoms with van der Waals surface area (Å²) < 4.78 is 26.0. The standard InChI is InChI=1S/C32H38FN5O3/c1-28(2,3)25-34-24(37-40-25)21-5-4-6-22(15-21)38(27(39)31-16-32(33,17-31)18-31)19-29-9-12-30(13-10-29,14-11-29)26-35-23(36-41-26)20-7-8-20/h4-6,15,20H,7-14,16-19H2,1-3H3. The molecule has 7 saturated carbocycles. The van der Waals surface area contributed by atoms with Gasteiger partial charge in [-0.15, -0.1) is 0 Å². The van der Waals surface area contributed by atoms with E-state index in [1.165, 1.54) is 0 Å². The van der Waals surface area contributed by atoms with Crippen molar-refractivity contribution in [2.45, 2.75) is 114 Å². The van der Waals surface area contributed by atoms with Crippen LogP contribution in [-0.4, -0.2) is 38.4 Å². The Kier molecular flexibility index (Phi) is 5.15. The van der Waals surface area contributed by atoms with Crippen molar-refractivity contribution in [3.8, 4) is 11.4 Å². The maximum absolute atomic E-state index is 14.6. The maximum Gasteiger partial charge on any atom is 0.233 e. The fourth-order valence-corrected chi connectivity index (χ4v) is 8.03. The number of rotatable bonds is 7. The smallest absolute Gasteiger partial charge is 0.233 e. The van der Waals surface area contributed by atoms with Crippen LogP contribution in [0.4, 0.5) is 10.1 Å². The lowest BCUT2D eigenvalue weighted by molar-refractivity contribution is -0.211. The molecule has 0 spiro atoms. The van der Waals surface area contributed by atoms with Crippen molar-refractivity contribution in [3.63, 3.8) is 0 Å². The SMILES string of the molecule is CC(C)(C)c1nc(-c2cccc(N(CC34CCC(c5nc(C6CC6)no5)(CC3)CC4)C(=O)C34CC(F)(C3)C4)c2)no1. The molecule has 0 saturated heterocycles. The number of carbonyl (C=O) groups excluding carboxylic acids is 1. The molecule has 216 valence electrons. The highest BCUT2D eigenvalue weighted by Crippen LogP contribution is 2.70. The number of fused-ring (bicyclic) bond motifs is 3. The van der Waals surface area contributed by atoms with Gasteiger partial charge in [-0.2, -0.15) is 9.97 Å². The van der Waals surface area contributed by atoms with Crippen LogP contribution in [0.25, 0.3) is 11.4 Å². The van der Waals surface area contributed by atoms with Crippen molar-refractivity contribution in [1.29, 1.82) is 0 Å². The van der Waals surface area contributed by atoms with E-state index in [0.717, 1.165) is 74.3 Å². The van der Waals surface area contributed by atoms with Crippen LogP contribution < -0.4 is 4.90 Å². The molecule has 0 radical (unpaired) electrons. The van der Waals surface area contributed by atoms with Crippen molar-refractivity contribution >= 4 is 11.6 Å². The van der Waals surface area contributed by atoms with E-state index >= 15 is 0 Å². The third kappa shape index (κ3) is 4.01. The number of aromatic nitrogens is 4. The zero-order valence-electron chi connectivity index (χ0n) is 24.2. The molecule has 7 aliphatic rings. The summed E-state index contributed by atoms with van der Waals surface area (Å²) in [5, 5.41) is 8.54. The molecule has 0 N–H and O–H groups in total. The van der Waals surface area contributed by atoms with Gasteiger partial charge in [-0.3, -0.25) is 4.79 Å². The first-order valence-electron chi connectivity index (χ1n) is 15.3. The average molecular weight is 560 g/mol. The van der Waals surface area contributed by atoms with Crippen LogP contribution in [0.15, 0.2) is 33.3 Å². The van der Waals surface area contributed by atoms with Crippen LogP contribution in [0, 0.1) is 10.8 Å². The lowest BCUT2D eigenvalue weighted by atomic mass is 9.41. The van der Waals surface area contributed by atoms with E-state index in [1.807, 2.05) is 49.9 Å². The molecule has 2 heterocycles. The van der Waals surface area contributed by atoms with Gasteiger partial charge in [0.25, 0.3) is 0 Å². The number of nitrogens with zero attached hydrogens (tertiary/aromatic N) is 5. The second-order valence-corrected chi connectivity index (χ2v) is 15.1. The third-order valence-electron chi connectivity index (χ3n) is 10.9. The van der Waals surface area contributed by atoms with Crippen LogP contribution in [-0.2, 0) is 15.6 Å². The second kappa shape index (κ2) is 8.26. The van der Waals surface area contributed by atoms with E-state index in [2.05, 4.69) is 15.3 Å². The second-order valence-electron chi connectivity index (χ2n) is 15.1. The Bertz CT molecular complexity index is 1490. The number of alkyl halides is 1. The van der Waals surface area contributed by atoms with E-state index < -0.39 is 11.1 Å². The van der Waals surface area contributed by atoms with Gasteiger partial charge in [0.05, 0.1) is 5.41 Å². The lowest BCUT2D eigenvalue weighted by Crippen LogP contribution is -2.71. The fourth-order valence-electron chi connectivity index (χ4n) is 8.03. The predicted octanol–water partition coefficient (Wildman–Crippen LogP) is 6.81. The van der Waals surface area contributed by atoms with E-state index in [-0.39, 0.29) is 22.2 Å². The molecule has 0 unspecified atom stereocenters. The van der Waals surface area contributed by atoms with Gasteiger partial charge in [0, 0.05) is 34.5 Å². The molecule has 41 heavy (non-hydrogen) atoms. The van der Waals surface area contributed by atoms with Crippen LogP contribution in [0.3, 0.4) is 0 Å². The number of hydrogen-bond donors (Lipinski definition) is 0. The Morgan fingerprint density at radius 1 is 1.00 bits per heavy atom. The van der Waals surface area contributed by atoms with Gasteiger partial charge in [-0.25, -0.2) is 4.39 Å². The highest BCUT2D eigenvalue weighted by molar-refractivity contribution is 6.00. The summed E-state index contributed by atoms with van der Waals surface area (Å²) in [6, 6.07) is 7.90. The quantitative estimate of drug-likeness (QED) is 0.313. The first-order chi connectivity index (χ1) is 19.5. The van der Waals surface area contributed by atoms with Crippen LogP contribution >= 0.6 is 0 Å². The zero-order chi connectivity index (χ0) is 28.3. The van der Waals surface area contributed by atoms with Crippen LogP contribution in [0.5, 0.6) is 0 Å². The molecule has 8 nitrogen and oxygen atoms in total. The van der Waals surface area contributed by atoms with Gasteiger partial charge in [0.15, 0.2) is 5.82 Å². The minimum Gasteiger partial charge on any atom is -0.339 e. The number of hydrogen-bond acceptors (Lipinski definition) is 7. The van der Waals surface area contributed by atoms with Crippen molar-refractivity contribution in [2.75, 3.05) is 11.4 Å². The molecule has 0 aliphatic heterocycles. The Morgan fingerprint density at radius 3 is 2.32 bits per heavy atom. The fraction of sp³-hybridized carbons (Fsp3) is 0.656. The summed E-state index contributed by atoms with van der Waals surface area (Å²) >= 11 is 0. The van der Waals surface area contributed by atoms with Crippen molar-refractivity contribution in [2.24, 2.45) is 10.8 Å². The minimum atomic E-state index is -1.13. The normalized spacial score (nSPS) is 33.8. The van der Waals surface area contributed by atoms with Gasteiger partial charge in [-0.05, 0) is 88.2 Å². The van der Waals surface area contributed by atoms with E-state index in [0.29, 0.717) is 43.4 Å². The summed E-state index contributed by atoms with van der Waals surface area (Å²) in [5.74, 6) is 3.35. The van der Waals surface area contributed by atoms with Gasteiger partial charge >= 0.3 is 0 Å². The molecular weight excluding hydrogens is 521 g/mol. The number of carbonyl (C=O) groups is 1. The number of benzene rings is 1. The number of halogens is 1. The topological polar surface area (TPSA) is 98.2 Å². The summed E-state index contributed by atoms with van der Waals surface area (Å²) in [6.07, 6.45) is 9.41. The molecule has 1 aromatic carbocycles. The van der Waals surface area contributed by atoms with Crippen LogP contribution in [0.2, 0.25) is 0 Å². The van der Waals surface area contributed by atoms with Crippen molar-refractivity contribution in [3.05, 3.63) is 41.9 Å². The van der Waals surface area contributed by atoms with Gasteiger partial charge in [0.2, 0.25) is 23.5 Å². The summed E-state index contributed by atoms with van der Waals surface area (Å²) in [6.45, 7) is 6.75. The molecule has 10 rings (SSSR count). The highest BCUT2D eigenvalue weighted by atomic mass is 19.1. The Labute approximate surface area is 239 Å². The van der Waals surface area contributed by atoms with E-state index in [9.17, 15) is 9.18 Å². The van der Waals surface area contributed by atoms with E-state index in [1.54, 1.807) is 0 Å². The third-order valence-corrected chi connectivity index (χ3v) is 10.9. The largest absolute Gasteiger partial charge is 0.339 e. The monoisotopic (exact) mass is 559 g/mol. The maximum atomic E-state index is 14.6. The molecule has 7 aliphatic carbocycles. The first-order valence-corrected chi connectivity index (χ1v) is 15.3. The van der Waals surface area contributed by atoms with E-state index in [4.69, 9.17) is 14.0 Å². The van der Waals surface area contributed by atoms with Crippen molar-refractivity contribution < 1.29 is 18.2 Å². The number of anilines is 1. The molecule has 4 bridgehead atoms. The summed E-state index contributed by atoms with van der Waals surface area (Å²) in [5.41, 5.74) is -0.310. The molecule has 7 fully saturated rings. The first kappa shape index (κ1) is 25.6. The average Bonchev–Trinajstić information content (AvgIpc) is 3.43. The van der Waals surface area contributed by atoms with Crippen LogP contribution in [0.1, 0.15) is 115 Å². The summed E-state index contributed by atoms with van der Waals surface area (Å²) in [7, 11) is 0. The summed E-state index contributed by atoms with van der Waals surface area (Å²) in [4.78, 5) is 25.7. The van der Waals surface area contributed by atoms with Gasteiger partial charge < -0.3 is 13.9 Å². The molecule has 3 aromatic rings. The molecule has 1 amide bonds. The molecule has 2 aromatic heterocycles. The Hall–Kier alpha value is -3.10. The molecule has 0 atom stereocenters. The van der Waals surface area contributed by atoms with Crippen molar-refractivity contribution in [1.82, 2.24) is 20.3 Å². The zero-order valence-corrected chi connectivity index (χ0v) is 24.2. The Morgan fingerprint density at radius 2 is 1.71 bits per heavy atom. The molecular formula is C32H38FN5O3. The predicted molar refractivity (Wildman–Crippen MR) is 149 cm³/mol. The van der Waals surface area contributed by atoms with Gasteiger partial charge in [0.1, 0.15) is 5.67 Å². The number of amides is 1. The van der Waals surface area contributed by atoms with Gasteiger partial charge in [-0.1, -0.05) is 43.2 Å².